The van der Waals surface area contributed by atoms with E-state index in [1.807, 2.05) is 0 Å². The van der Waals surface area contributed by atoms with Crippen molar-refractivity contribution in [2.45, 2.75) is 263 Å². The number of unbranched alkanes of at least 4 members (excludes halogenated alkanes) is 30. The van der Waals surface area contributed by atoms with Gasteiger partial charge in [0, 0.05) is 6.54 Å². The lowest BCUT2D eigenvalue weighted by Gasteiger charge is -2.25. The number of phosphoric acid groups is 1. The molecule has 0 saturated heterocycles. The third-order valence-electron chi connectivity index (χ3n) is 11.2. The van der Waals surface area contributed by atoms with Gasteiger partial charge in [-0.05, 0) is 38.5 Å². The zero-order valence-corrected chi connectivity index (χ0v) is 38.4. The molecule has 0 aromatic heterocycles. The highest BCUT2D eigenvalue weighted by Crippen LogP contribution is 2.43. The van der Waals surface area contributed by atoms with E-state index in [0.29, 0.717) is 12.8 Å². The summed E-state index contributed by atoms with van der Waals surface area (Å²) in [5.74, 6) is -0.414. The molecule has 1 amide bonds. The van der Waals surface area contributed by atoms with E-state index in [9.17, 15) is 24.5 Å². The molecule has 9 nitrogen and oxygen atoms in total. The van der Waals surface area contributed by atoms with Crippen LogP contribution in [-0.4, -0.2) is 59.0 Å². The number of aliphatic hydroxyl groups excluding tert-OH is 2. The molecule has 340 valence electrons. The van der Waals surface area contributed by atoms with Gasteiger partial charge in [-0.15, -0.1) is 0 Å². The molecule has 0 rings (SSSR count). The van der Waals surface area contributed by atoms with Crippen LogP contribution in [0.1, 0.15) is 245 Å². The van der Waals surface area contributed by atoms with Crippen molar-refractivity contribution in [2.24, 2.45) is 5.73 Å². The molecule has 57 heavy (non-hydrogen) atoms. The number of hydrogen-bond donors (Lipinski definition) is 5. The van der Waals surface area contributed by atoms with Crippen LogP contribution in [0.25, 0.3) is 0 Å². The minimum atomic E-state index is -4.38. The molecule has 4 atom stereocenters. The van der Waals surface area contributed by atoms with Crippen molar-refractivity contribution in [1.82, 2.24) is 5.32 Å². The maximum atomic E-state index is 12.9. The summed E-state index contributed by atoms with van der Waals surface area (Å²) in [4.78, 5) is 22.9. The third-order valence-corrected chi connectivity index (χ3v) is 12.2. The Morgan fingerprint density at radius 1 is 0.579 bits per heavy atom. The highest BCUT2D eigenvalue weighted by atomic mass is 31.2. The van der Waals surface area contributed by atoms with Crippen molar-refractivity contribution in [3.05, 3.63) is 12.2 Å². The lowest BCUT2D eigenvalue weighted by molar-refractivity contribution is -0.125. The molecular formula is C47H95N2O7P. The van der Waals surface area contributed by atoms with E-state index in [-0.39, 0.29) is 26.2 Å². The van der Waals surface area contributed by atoms with Crippen molar-refractivity contribution in [3.63, 3.8) is 0 Å². The van der Waals surface area contributed by atoms with Gasteiger partial charge in [-0.1, -0.05) is 212 Å². The van der Waals surface area contributed by atoms with Crippen molar-refractivity contribution in [3.8, 4) is 0 Å². The maximum absolute atomic E-state index is 12.9. The van der Waals surface area contributed by atoms with Gasteiger partial charge < -0.3 is 26.2 Å². The first-order chi connectivity index (χ1) is 27.8. The van der Waals surface area contributed by atoms with Crippen LogP contribution in [0, 0.1) is 0 Å². The predicted octanol–water partition coefficient (Wildman–Crippen LogP) is 12.9. The molecule has 0 bridgehead atoms. The first kappa shape index (κ1) is 56.2. The fourth-order valence-electron chi connectivity index (χ4n) is 7.47. The molecule has 4 unspecified atom stereocenters. The van der Waals surface area contributed by atoms with E-state index >= 15 is 0 Å². The van der Waals surface area contributed by atoms with Crippen LogP contribution in [-0.2, 0) is 18.4 Å². The standard InChI is InChI=1S/C47H95N2O7P/c1-3-5-7-9-11-13-15-17-19-21-23-25-27-29-31-33-35-37-39-46(51)45(43-56-57(53,54)55-41-40-48)49-47(52)42-44(50)38-36-34-32-30-28-26-24-22-20-18-16-14-12-10-8-6-4-2/h22,24,44-46,50-51H,3-21,23,25-43,48H2,1-2H3,(H,49,52)(H,53,54)/b24-22-. The second-order valence-corrected chi connectivity index (χ2v) is 18.3. The van der Waals surface area contributed by atoms with Gasteiger partial charge in [-0.25, -0.2) is 4.57 Å². The minimum absolute atomic E-state index is 0.0602. The number of nitrogens with two attached hydrogens (primary N) is 1. The molecule has 0 heterocycles. The Labute approximate surface area is 352 Å². The summed E-state index contributed by atoms with van der Waals surface area (Å²) in [7, 11) is -4.38. The van der Waals surface area contributed by atoms with Crippen LogP contribution in [0.4, 0.5) is 0 Å². The smallest absolute Gasteiger partial charge is 0.393 e. The molecule has 0 aliphatic carbocycles. The van der Waals surface area contributed by atoms with Gasteiger partial charge in [0.15, 0.2) is 0 Å². The fourth-order valence-corrected chi connectivity index (χ4v) is 8.23. The van der Waals surface area contributed by atoms with E-state index in [2.05, 4.69) is 31.3 Å². The van der Waals surface area contributed by atoms with Crippen LogP contribution in [0.5, 0.6) is 0 Å². The first-order valence-electron chi connectivity index (χ1n) is 24.4. The average Bonchev–Trinajstić information content (AvgIpc) is 3.19. The van der Waals surface area contributed by atoms with Crippen LogP contribution >= 0.6 is 7.82 Å². The van der Waals surface area contributed by atoms with E-state index < -0.39 is 32.0 Å². The Morgan fingerprint density at radius 2 is 0.947 bits per heavy atom. The molecule has 0 fully saturated rings. The molecule has 0 aromatic carbocycles. The average molecular weight is 831 g/mol. The van der Waals surface area contributed by atoms with Crippen LogP contribution in [0.3, 0.4) is 0 Å². The summed E-state index contributed by atoms with van der Waals surface area (Å²) < 4.78 is 22.2. The zero-order chi connectivity index (χ0) is 41.9. The van der Waals surface area contributed by atoms with Crippen molar-refractivity contribution >= 4 is 13.7 Å². The van der Waals surface area contributed by atoms with Gasteiger partial charge in [-0.2, -0.15) is 0 Å². The quantitative estimate of drug-likeness (QED) is 0.0231. The maximum Gasteiger partial charge on any atom is 0.472 e. The van der Waals surface area contributed by atoms with Gasteiger partial charge in [0.1, 0.15) is 0 Å². The lowest BCUT2D eigenvalue weighted by atomic mass is 10.0. The number of hydrogen-bond acceptors (Lipinski definition) is 7. The second kappa shape index (κ2) is 43.3. The number of carbonyl (C=O) groups excluding carboxylic acids is 1. The number of nitrogens with one attached hydrogen (secondary N) is 1. The van der Waals surface area contributed by atoms with E-state index in [1.165, 1.54) is 167 Å². The van der Waals surface area contributed by atoms with Crippen molar-refractivity contribution < 1.29 is 33.5 Å². The predicted molar refractivity (Wildman–Crippen MR) is 241 cm³/mol. The number of allylic oxidation sites excluding steroid dienone is 2. The SMILES string of the molecule is CCCCCCCCCC/C=C\CCCCCCCC(O)CC(=O)NC(COP(=O)(O)OCCN)C(O)CCCCCCCCCCCCCCCCCCCC. The molecule has 0 aliphatic rings. The largest absolute Gasteiger partial charge is 0.472 e. The van der Waals surface area contributed by atoms with E-state index in [0.717, 1.165) is 44.9 Å². The molecule has 0 saturated carbocycles. The van der Waals surface area contributed by atoms with Gasteiger partial charge in [0.2, 0.25) is 5.91 Å². The Balaban J connectivity index is 4.19. The second-order valence-electron chi connectivity index (χ2n) is 16.9. The lowest BCUT2D eigenvalue weighted by Crippen LogP contribution is -2.47. The minimum Gasteiger partial charge on any atom is -0.393 e. The van der Waals surface area contributed by atoms with Gasteiger partial charge in [0.05, 0.1) is 37.9 Å². The summed E-state index contributed by atoms with van der Waals surface area (Å²) in [5.41, 5.74) is 5.38. The van der Waals surface area contributed by atoms with Gasteiger partial charge in [-0.3, -0.25) is 13.8 Å². The number of amides is 1. The number of carbonyl (C=O) groups is 1. The molecule has 6 N–H and O–H groups in total. The first-order valence-corrected chi connectivity index (χ1v) is 25.9. The number of phosphoric ester groups is 1. The molecule has 0 aromatic rings. The summed E-state index contributed by atoms with van der Waals surface area (Å²) in [6, 6.07) is -0.896. The third kappa shape index (κ3) is 41.7. The van der Waals surface area contributed by atoms with Crippen LogP contribution in [0.2, 0.25) is 0 Å². The normalized spacial score (nSPS) is 14.6. The van der Waals surface area contributed by atoms with Crippen molar-refractivity contribution in [1.29, 1.82) is 0 Å². The Bertz CT molecular complexity index is 924. The molecule has 0 aliphatic heterocycles. The summed E-state index contributed by atoms with van der Waals surface area (Å²) in [6.45, 7) is 4.07. The van der Waals surface area contributed by atoms with Crippen molar-refractivity contribution in [2.75, 3.05) is 19.8 Å². The number of aliphatic hydroxyl groups is 2. The topological polar surface area (TPSA) is 151 Å². The van der Waals surface area contributed by atoms with Crippen LogP contribution < -0.4 is 11.1 Å². The summed E-state index contributed by atoms with van der Waals surface area (Å²) in [5, 5.41) is 24.3. The molecule has 10 heteroatoms. The van der Waals surface area contributed by atoms with Crippen LogP contribution in [0.15, 0.2) is 12.2 Å². The number of rotatable bonds is 46. The summed E-state index contributed by atoms with van der Waals surface area (Å²) >= 11 is 0. The fraction of sp³-hybridized carbons (Fsp3) is 0.936. The summed E-state index contributed by atoms with van der Waals surface area (Å²) in [6.07, 6.45) is 45.4. The Morgan fingerprint density at radius 3 is 1.35 bits per heavy atom. The zero-order valence-electron chi connectivity index (χ0n) is 37.5. The molecular weight excluding hydrogens is 735 g/mol. The Kier molecular flexibility index (Phi) is 42.7. The molecule has 0 spiro atoms. The monoisotopic (exact) mass is 831 g/mol. The highest BCUT2D eigenvalue weighted by Gasteiger charge is 2.28. The van der Waals surface area contributed by atoms with Gasteiger partial charge in [0.25, 0.3) is 0 Å². The van der Waals surface area contributed by atoms with E-state index in [1.54, 1.807) is 0 Å². The molecule has 0 radical (unpaired) electrons. The Hall–Kier alpha value is -0.800. The van der Waals surface area contributed by atoms with E-state index in [4.69, 9.17) is 14.8 Å². The highest BCUT2D eigenvalue weighted by molar-refractivity contribution is 7.47. The van der Waals surface area contributed by atoms with Gasteiger partial charge >= 0.3 is 7.82 Å².